The van der Waals surface area contributed by atoms with Gasteiger partial charge in [-0.1, -0.05) is 6.92 Å². The molecule has 0 saturated carbocycles. The van der Waals surface area contributed by atoms with Crippen molar-refractivity contribution in [2.75, 3.05) is 20.7 Å². The van der Waals surface area contributed by atoms with Gasteiger partial charge in [0.2, 0.25) is 0 Å². The minimum absolute atomic E-state index is 0.140. The Balaban J connectivity index is 3.87. The van der Waals surface area contributed by atoms with E-state index < -0.39 is 0 Å². The fraction of sp³-hybridized carbons (Fsp3) is 0.900. The van der Waals surface area contributed by atoms with Gasteiger partial charge in [-0.2, -0.15) is 0 Å². The lowest BCUT2D eigenvalue weighted by Crippen LogP contribution is -2.41. The molecular formula is C10H21NO2. The maximum atomic E-state index is 10.9. The zero-order valence-electron chi connectivity index (χ0n) is 9.39. The molecule has 3 nitrogen and oxygen atoms in total. The second-order valence-electron chi connectivity index (χ2n) is 3.91. The van der Waals surface area contributed by atoms with Crippen molar-refractivity contribution in [1.82, 2.24) is 4.90 Å². The predicted molar refractivity (Wildman–Crippen MR) is 53.6 cm³/mol. The molecule has 0 aromatic carbocycles. The lowest BCUT2D eigenvalue weighted by molar-refractivity contribution is -0.141. The SMILES string of the molecule is CCC(C)(C)N(C)CCC(=O)OC. The summed E-state index contributed by atoms with van der Waals surface area (Å²) >= 11 is 0. The van der Waals surface area contributed by atoms with Crippen LogP contribution in [-0.4, -0.2) is 37.1 Å². The number of hydrogen-bond donors (Lipinski definition) is 0. The van der Waals surface area contributed by atoms with Crippen LogP contribution in [0.3, 0.4) is 0 Å². The molecule has 0 fully saturated rings. The quantitative estimate of drug-likeness (QED) is 0.613. The van der Waals surface area contributed by atoms with Gasteiger partial charge in [-0.15, -0.1) is 0 Å². The number of hydrogen-bond acceptors (Lipinski definition) is 3. The van der Waals surface area contributed by atoms with Crippen molar-refractivity contribution < 1.29 is 9.53 Å². The van der Waals surface area contributed by atoms with E-state index in [1.165, 1.54) is 7.11 Å². The fourth-order valence-electron chi connectivity index (χ4n) is 0.934. The number of ether oxygens (including phenoxy) is 1. The van der Waals surface area contributed by atoms with Crippen LogP contribution in [0.4, 0.5) is 0 Å². The zero-order valence-corrected chi connectivity index (χ0v) is 9.39. The third kappa shape index (κ3) is 4.27. The monoisotopic (exact) mass is 187 g/mol. The second kappa shape index (κ2) is 5.22. The van der Waals surface area contributed by atoms with Crippen LogP contribution in [0.2, 0.25) is 0 Å². The van der Waals surface area contributed by atoms with E-state index in [0.717, 1.165) is 13.0 Å². The van der Waals surface area contributed by atoms with E-state index in [1.807, 2.05) is 7.05 Å². The Morgan fingerprint density at radius 3 is 2.38 bits per heavy atom. The highest BCUT2D eigenvalue weighted by Crippen LogP contribution is 2.16. The highest BCUT2D eigenvalue weighted by molar-refractivity contribution is 5.69. The molecule has 0 aromatic rings. The molecule has 78 valence electrons. The maximum absolute atomic E-state index is 10.9. The molecule has 0 bridgehead atoms. The fourth-order valence-corrected chi connectivity index (χ4v) is 0.934. The zero-order chi connectivity index (χ0) is 10.5. The van der Waals surface area contributed by atoms with E-state index in [0.29, 0.717) is 6.42 Å². The maximum Gasteiger partial charge on any atom is 0.306 e. The van der Waals surface area contributed by atoms with Crippen LogP contribution < -0.4 is 0 Å². The Kier molecular flexibility index (Phi) is 4.99. The Morgan fingerprint density at radius 2 is 2.00 bits per heavy atom. The van der Waals surface area contributed by atoms with Gasteiger partial charge in [0.05, 0.1) is 13.5 Å². The highest BCUT2D eigenvalue weighted by atomic mass is 16.5. The molecule has 3 heteroatoms. The van der Waals surface area contributed by atoms with Gasteiger partial charge in [-0.05, 0) is 27.3 Å². The molecule has 0 rings (SSSR count). The van der Waals surface area contributed by atoms with Crippen molar-refractivity contribution in [3.8, 4) is 0 Å². The standard InChI is InChI=1S/C10H21NO2/c1-6-10(2,3)11(4)8-7-9(12)13-5/h6-8H2,1-5H3. The largest absolute Gasteiger partial charge is 0.469 e. The van der Waals surface area contributed by atoms with Crippen molar-refractivity contribution in [3.05, 3.63) is 0 Å². The molecule has 0 atom stereocenters. The third-order valence-electron chi connectivity index (χ3n) is 2.78. The van der Waals surface area contributed by atoms with Crippen LogP contribution in [0.5, 0.6) is 0 Å². The van der Waals surface area contributed by atoms with E-state index in [-0.39, 0.29) is 11.5 Å². The summed E-state index contributed by atoms with van der Waals surface area (Å²) in [5.41, 5.74) is 0.161. The van der Waals surface area contributed by atoms with Crippen LogP contribution in [-0.2, 0) is 9.53 Å². The Bertz CT molecular complexity index is 166. The summed E-state index contributed by atoms with van der Waals surface area (Å²) in [5.74, 6) is -0.140. The van der Waals surface area contributed by atoms with E-state index in [9.17, 15) is 4.79 Å². The van der Waals surface area contributed by atoms with E-state index in [4.69, 9.17) is 0 Å². The summed E-state index contributed by atoms with van der Waals surface area (Å²) in [5, 5.41) is 0. The second-order valence-corrected chi connectivity index (χ2v) is 3.91. The molecule has 0 radical (unpaired) electrons. The van der Waals surface area contributed by atoms with E-state index in [1.54, 1.807) is 0 Å². The van der Waals surface area contributed by atoms with Crippen LogP contribution in [0.25, 0.3) is 0 Å². The number of esters is 1. The van der Waals surface area contributed by atoms with Crippen LogP contribution >= 0.6 is 0 Å². The summed E-state index contributed by atoms with van der Waals surface area (Å²) in [6.07, 6.45) is 1.54. The number of methoxy groups -OCH3 is 1. The first kappa shape index (κ1) is 12.4. The minimum Gasteiger partial charge on any atom is -0.469 e. The van der Waals surface area contributed by atoms with Gasteiger partial charge in [-0.25, -0.2) is 0 Å². The molecule has 0 heterocycles. The van der Waals surface area contributed by atoms with Crippen molar-refractivity contribution >= 4 is 5.97 Å². The van der Waals surface area contributed by atoms with Gasteiger partial charge < -0.3 is 9.64 Å². The average Bonchev–Trinajstić information content (AvgIpc) is 2.13. The summed E-state index contributed by atoms with van der Waals surface area (Å²) in [7, 11) is 3.46. The Morgan fingerprint density at radius 1 is 1.46 bits per heavy atom. The molecule has 0 saturated heterocycles. The number of rotatable bonds is 5. The molecular weight excluding hydrogens is 166 g/mol. The number of carbonyl (C=O) groups is 1. The van der Waals surface area contributed by atoms with E-state index in [2.05, 4.69) is 30.4 Å². The van der Waals surface area contributed by atoms with Gasteiger partial charge in [0, 0.05) is 12.1 Å². The minimum atomic E-state index is -0.140. The molecule has 0 spiro atoms. The number of nitrogens with zero attached hydrogens (tertiary/aromatic N) is 1. The molecule has 13 heavy (non-hydrogen) atoms. The van der Waals surface area contributed by atoms with Crippen molar-refractivity contribution in [3.63, 3.8) is 0 Å². The van der Waals surface area contributed by atoms with Crippen molar-refractivity contribution in [1.29, 1.82) is 0 Å². The third-order valence-corrected chi connectivity index (χ3v) is 2.78. The summed E-state index contributed by atoms with van der Waals surface area (Å²) in [6, 6.07) is 0. The van der Waals surface area contributed by atoms with E-state index >= 15 is 0 Å². The lowest BCUT2D eigenvalue weighted by Gasteiger charge is -2.34. The summed E-state index contributed by atoms with van der Waals surface area (Å²) in [4.78, 5) is 13.1. The molecule has 0 amide bonds. The van der Waals surface area contributed by atoms with Gasteiger partial charge in [0.1, 0.15) is 0 Å². The first-order chi connectivity index (χ1) is 5.94. The topological polar surface area (TPSA) is 29.5 Å². The smallest absolute Gasteiger partial charge is 0.306 e. The van der Waals surface area contributed by atoms with Gasteiger partial charge in [0.25, 0.3) is 0 Å². The molecule has 0 unspecified atom stereocenters. The normalized spacial score (nSPS) is 11.8. The van der Waals surface area contributed by atoms with Gasteiger partial charge >= 0.3 is 5.97 Å². The Labute approximate surface area is 81.1 Å². The lowest BCUT2D eigenvalue weighted by atomic mass is 10.00. The van der Waals surface area contributed by atoms with Gasteiger partial charge in [-0.3, -0.25) is 4.79 Å². The van der Waals surface area contributed by atoms with Crippen molar-refractivity contribution in [2.45, 2.75) is 39.2 Å². The van der Waals surface area contributed by atoms with Crippen LogP contribution in [0.15, 0.2) is 0 Å². The molecule has 0 aliphatic carbocycles. The summed E-state index contributed by atoms with van der Waals surface area (Å²) in [6.45, 7) is 7.25. The van der Waals surface area contributed by atoms with Crippen LogP contribution in [0, 0.1) is 0 Å². The molecule has 0 N–H and O–H groups in total. The first-order valence-corrected chi connectivity index (χ1v) is 4.72. The summed E-state index contributed by atoms with van der Waals surface area (Å²) < 4.78 is 4.58. The highest BCUT2D eigenvalue weighted by Gasteiger charge is 2.21. The van der Waals surface area contributed by atoms with Gasteiger partial charge in [0.15, 0.2) is 0 Å². The Hall–Kier alpha value is -0.570. The first-order valence-electron chi connectivity index (χ1n) is 4.72. The number of carbonyl (C=O) groups excluding carboxylic acids is 1. The molecule has 0 aliphatic rings. The predicted octanol–water partition coefficient (Wildman–Crippen LogP) is 1.67. The molecule has 0 aliphatic heterocycles. The van der Waals surface area contributed by atoms with Crippen LogP contribution in [0.1, 0.15) is 33.6 Å². The average molecular weight is 187 g/mol. The van der Waals surface area contributed by atoms with Crippen molar-refractivity contribution in [2.24, 2.45) is 0 Å². The molecule has 0 aromatic heterocycles.